The number of rotatable bonds is 5. The summed E-state index contributed by atoms with van der Waals surface area (Å²) in [6.45, 7) is 0.540. The van der Waals surface area contributed by atoms with Crippen LogP contribution in [-0.2, 0) is 20.8 Å². The van der Waals surface area contributed by atoms with E-state index in [1.165, 1.54) is 7.11 Å². The lowest BCUT2D eigenvalue weighted by molar-refractivity contribution is -0.146. The Labute approximate surface area is 105 Å². The van der Waals surface area contributed by atoms with E-state index in [1.807, 2.05) is 30.3 Å². The molecule has 1 heterocycles. The van der Waals surface area contributed by atoms with Crippen LogP contribution in [0.3, 0.4) is 0 Å². The molecule has 1 aromatic carbocycles. The predicted octanol–water partition coefficient (Wildman–Crippen LogP) is 1.27. The van der Waals surface area contributed by atoms with E-state index in [-0.39, 0.29) is 6.61 Å². The SMILES string of the molecule is COC1O[C@H](COCc2ccccc2)[C@H](O)[C@H]1F. The lowest BCUT2D eigenvalue weighted by Crippen LogP contribution is -2.32. The van der Waals surface area contributed by atoms with Gasteiger partial charge in [0.05, 0.1) is 13.2 Å². The molecule has 4 nitrogen and oxygen atoms in total. The number of hydrogen-bond acceptors (Lipinski definition) is 4. The predicted molar refractivity (Wildman–Crippen MR) is 62.7 cm³/mol. The minimum Gasteiger partial charge on any atom is -0.387 e. The molecule has 0 saturated carbocycles. The Hall–Kier alpha value is -1.01. The Morgan fingerprint density at radius 3 is 2.67 bits per heavy atom. The highest BCUT2D eigenvalue weighted by atomic mass is 19.1. The Balaban J connectivity index is 1.77. The highest BCUT2D eigenvalue weighted by Crippen LogP contribution is 2.24. The quantitative estimate of drug-likeness (QED) is 0.862. The van der Waals surface area contributed by atoms with Crippen molar-refractivity contribution in [2.45, 2.75) is 31.3 Å². The molecule has 2 rings (SSSR count). The number of halogens is 1. The zero-order valence-electron chi connectivity index (χ0n) is 10.2. The molecule has 1 N–H and O–H groups in total. The van der Waals surface area contributed by atoms with Gasteiger partial charge in [-0.2, -0.15) is 0 Å². The number of benzene rings is 1. The lowest BCUT2D eigenvalue weighted by Gasteiger charge is -2.14. The van der Waals surface area contributed by atoms with Crippen LogP contribution in [0.15, 0.2) is 30.3 Å². The standard InChI is InChI=1S/C13H17FO4/c1-16-13-11(14)12(15)10(18-13)8-17-7-9-5-3-2-4-6-9/h2-6,10-13,15H,7-8H2,1H3/t10-,11-,12+,13?/m1/s1. The van der Waals surface area contributed by atoms with Gasteiger partial charge < -0.3 is 19.3 Å². The molecule has 1 unspecified atom stereocenters. The first-order chi connectivity index (χ1) is 8.72. The summed E-state index contributed by atoms with van der Waals surface area (Å²) < 4.78 is 28.8. The molecular weight excluding hydrogens is 239 g/mol. The van der Waals surface area contributed by atoms with E-state index in [0.29, 0.717) is 6.61 Å². The molecule has 0 radical (unpaired) electrons. The maximum atomic E-state index is 13.4. The molecule has 4 atom stereocenters. The molecule has 100 valence electrons. The molecule has 0 spiro atoms. The maximum absolute atomic E-state index is 13.4. The minimum absolute atomic E-state index is 0.135. The summed E-state index contributed by atoms with van der Waals surface area (Å²) in [5, 5.41) is 9.60. The van der Waals surface area contributed by atoms with Crippen molar-refractivity contribution in [3.05, 3.63) is 35.9 Å². The second kappa shape index (κ2) is 6.24. The highest BCUT2D eigenvalue weighted by molar-refractivity contribution is 5.13. The van der Waals surface area contributed by atoms with Gasteiger partial charge in [-0.15, -0.1) is 0 Å². The number of aliphatic hydroxyl groups excluding tert-OH is 1. The Morgan fingerprint density at radius 2 is 2.06 bits per heavy atom. The summed E-state index contributed by atoms with van der Waals surface area (Å²) in [5.41, 5.74) is 1.02. The fourth-order valence-electron chi connectivity index (χ4n) is 1.88. The van der Waals surface area contributed by atoms with Crippen LogP contribution in [-0.4, -0.2) is 43.5 Å². The Kier molecular flexibility index (Phi) is 4.66. The van der Waals surface area contributed by atoms with E-state index in [0.717, 1.165) is 5.56 Å². The first-order valence-corrected chi connectivity index (χ1v) is 5.84. The third kappa shape index (κ3) is 3.05. The number of methoxy groups -OCH3 is 1. The first-order valence-electron chi connectivity index (χ1n) is 5.84. The topological polar surface area (TPSA) is 47.9 Å². The number of alkyl halides is 1. The van der Waals surface area contributed by atoms with Crippen LogP contribution in [0.25, 0.3) is 0 Å². The highest BCUT2D eigenvalue weighted by Gasteiger charge is 2.44. The molecule has 1 fully saturated rings. The van der Waals surface area contributed by atoms with Crippen molar-refractivity contribution < 1.29 is 23.7 Å². The second-order valence-corrected chi connectivity index (χ2v) is 4.21. The van der Waals surface area contributed by atoms with E-state index in [9.17, 15) is 9.50 Å². The van der Waals surface area contributed by atoms with Crippen molar-refractivity contribution in [2.75, 3.05) is 13.7 Å². The van der Waals surface area contributed by atoms with Crippen LogP contribution in [0.1, 0.15) is 5.56 Å². The molecular formula is C13H17FO4. The molecule has 5 heteroatoms. The van der Waals surface area contributed by atoms with E-state index >= 15 is 0 Å². The van der Waals surface area contributed by atoms with Crippen LogP contribution in [0, 0.1) is 0 Å². The summed E-state index contributed by atoms with van der Waals surface area (Å²) in [7, 11) is 1.34. The molecule has 1 aromatic rings. The van der Waals surface area contributed by atoms with E-state index < -0.39 is 24.7 Å². The fourth-order valence-corrected chi connectivity index (χ4v) is 1.88. The number of aliphatic hydroxyl groups is 1. The third-order valence-corrected chi connectivity index (χ3v) is 2.90. The lowest BCUT2D eigenvalue weighted by atomic mass is 10.2. The summed E-state index contributed by atoms with van der Waals surface area (Å²) in [4.78, 5) is 0. The van der Waals surface area contributed by atoms with Gasteiger partial charge in [0.15, 0.2) is 12.5 Å². The molecule has 0 aromatic heterocycles. The van der Waals surface area contributed by atoms with Gasteiger partial charge in [0.1, 0.15) is 12.2 Å². The normalized spacial score (nSPS) is 31.7. The van der Waals surface area contributed by atoms with Crippen LogP contribution >= 0.6 is 0 Å². The molecule has 0 bridgehead atoms. The Morgan fingerprint density at radius 1 is 1.33 bits per heavy atom. The molecule has 0 amide bonds. The first kappa shape index (κ1) is 13.4. The van der Waals surface area contributed by atoms with Crippen LogP contribution in [0.4, 0.5) is 4.39 Å². The summed E-state index contributed by atoms with van der Waals surface area (Å²) in [5.74, 6) is 0. The summed E-state index contributed by atoms with van der Waals surface area (Å²) in [6.07, 6.45) is -4.43. The number of ether oxygens (including phenoxy) is 3. The Bertz CT molecular complexity index is 359. The minimum atomic E-state index is -1.53. The van der Waals surface area contributed by atoms with E-state index in [1.54, 1.807) is 0 Å². The van der Waals surface area contributed by atoms with Gasteiger partial charge in [-0.3, -0.25) is 0 Å². The molecule has 1 saturated heterocycles. The average molecular weight is 256 g/mol. The summed E-state index contributed by atoms with van der Waals surface area (Å²) in [6, 6.07) is 9.62. The van der Waals surface area contributed by atoms with Gasteiger partial charge in [0.25, 0.3) is 0 Å². The molecule has 0 aliphatic carbocycles. The zero-order chi connectivity index (χ0) is 13.0. The van der Waals surface area contributed by atoms with Gasteiger partial charge in [-0.1, -0.05) is 30.3 Å². The summed E-state index contributed by atoms with van der Waals surface area (Å²) >= 11 is 0. The smallest absolute Gasteiger partial charge is 0.191 e. The number of hydrogen-bond donors (Lipinski definition) is 1. The van der Waals surface area contributed by atoms with Crippen LogP contribution < -0.4 is 0 Å². The molecule has 18 heavy (non-hydrogen) atoms. The monoisotopic (exact) mass is 256 g/mol. The third-order valence-electron chi connectivity index (χ3n) is 2.90. The maximum Gasteiger partial charge on any atom is 0.191 e. The zero-order valence-corrected chi connectivity index (χ0v) is 10.2. The fraction of sp³-hybridized carbons (Fsp3) is 0.538. The van der Waals surface area contributed by atoms with E-state index in [4.69, 9.17) is 14.2 Å². The van der Waals surface area contributed by atoms with Gasteiger partial charge in [0, 0.05) is 7.11 Å². The molecule has 1 aliphatic rings. The van der Waals surface area contributed by atoms with Crippen LogP contribution in [0.5, 0.6) is 0 Å². The van der Waals surface area contributed by atoms with Crippen molar-refractivity contribution in [2.24, 2.45) is 0 Å². The molecule has 1 aliphatic heterocycles. The van der Waals surface area contributed by atoms with Gasteiger partial charge in [-0.05, 0) is 5.56 Å². The van der Waals surface area contributed by atoms with Crippen molar-refractivity contribution in [1.29, 1.82) is 0 Å². The van der Waals surface area contributed by atoms with Crippen molar-refractivity contribution >= 4 is 0 Å². The van der Waals surface area contributed by atoms with Crippen LogP contribution in [0.2, 0.25) is 0 Å². The van der Waals surface area contributed by atoms with Crippen molar-refractivity contribution in [1.82, 2.24) is 0 Å². The van der Waals surface area contributed by atoms with Crippen molar-refractivity contribution in [3.63, 3.8) is 0 Å². The van der Waals surface area contributed by atoms with Gasteiger partial charge in [-0.25, -0.2) is 4.39 Å². The average Bonchev–Trinajstić information content (AvgIpc) is 2.68. The van der Waals surface area contributed by atoms with E-state index in [2.05, 4.69) is 0 Å². The van der Waals surface area contributed by atoms with Gasteiger partial charge in [0.2, 0.25) is 0 Å². The second-order valence-electron chi connectivity index (χ2n) is 4.21. The largest absolute Gasteiger partial charge is 0.387 e. The van der Waals surface area contributed by atoms with Crippen molar-refractivity contribution in [3.8, 4) is 0 Å². The van der Waals surface area contributed by atoms with Gasteiger partial charge >= 0.3 is 0 Å².